The molecule has 0 aliphatic carbocycles. The summed E-state index contributed by atoms with van der Waals surface area (Å²) in [6.07, 6.45) is -0.578. The highest BCUT2D eigenvalue weighted by molar-refractivity contribution is 6.07. The Kier molecular flexibility index (Phi) is 4.26. The number of carboxylic acids is 1. The first kappa shape index (κ1) is 13.2. The second-order valence-corrected chi connectivity index (χ2v) is 4.11. The Hall–Kier alpha value is -1.84. The fourth-order valence-corrected chi connectivity index (χ4v) is 1.50. The first-order valence-electron chi connectivity index (χ1n) is 5.43. The van der Waals surface area contributed by atoms with E-state index in [1.807, 2.05) is 26.8 Å². The van der Waals surface area contributed by atoms with Crippen molar-refractivity contribution in [1.29, 1.82) is 0 Å². The molecule has 1 aromatic rings. The van der Waals surface area contributed by atoms with Crippen LogP contribution in [0.15, 0.2) is 18.2 Å². The van der Waals surface area contributed by atoms with E-state index in [4.69, 9.17) is 9.84 Å². The van der Waals surface area contributed by atoms with Crippen LogP contribution in [0.5, 0.6) is 5.75 Å². The zero-order chi connectivity index (χ0) is 13.0. The molecule has 0 atom stereocenters. The van der Waals surface area contributed by atoms with Gasteiger partial charge in [0, 0.05) is 0 Å². The van der Waals surface area contributed by atoms with Crippen molar-refractivity contribution in [3.63, 3.8) is 0 Å². The molecule has 0 aliphatic rings. The molecule has 0 fully saturated rings. The lowest BCUT2D eigenvalue weighted by molar-refractivity contribution is -0.135. The minimum absolute atomic E-state index is 0.0625. The monoisotopic (exact) mass is 236 g/mol. The van der Waals surface area contributed by atoms with Gasteiger partial charge in [0.05, 0.1) is 11.7 Å². The number of Topliss-reactive ketones (excluding diaryl/α,β-unsaturated/α-hetero) is 1. The van der Waals surface area contributed by atoms with E-state index < -0.39 is 18.2 Å². The Balaban J connectivity index is 3.09. The van der Waals surface area contributed by atoms with Crippen LogP contribution in [0.4, 0.5) is 0 Å². The fraction of sp³-hybridized carbons (Fsp3) is 0.385. The van der Waals surface area contributed by atoms with Crippen molar-refractivity contribution >= 4 is 11.8 Å². The van der Waals surface area contributed by atoms with Crippen LogP contribution >= 0.6 is 0 Å². The molecule has 0 amide bonds. The molecule has 0 saturated carbocycles. The molecular weight excluding hydrogens is 220 g/mol. The second kappa shape index (κ2) is 5.48. The van der Waals surface area contributed by atoms with E-state index in [0.29, 0.717) is 11.3 Å². The largest absolute Gasteiger partial charge is 0.490 e. The Morgan fingerprint density at radius 2 is 2.00 bits per heavy atom. The van der Waals surface area contributed by atoms with Crippen LogP contribution in [-0.2, 0) is 4.79 Å². The van der Waals surface area contributed by atoms with E-state index in [0.717, 1.165) is 5.56 Å². The van der Waals surface area contributed by atoms with Crippen LogP contribution in [0.2, 0.25) is 0 Å². The van der Waals surface area contributed by atoms with Crippen molar-refractivity contribution in [2.45, 2.75) is 33.3 Å². The molecule has 0 aliphatic heterocycles. The predicted molar refractivity (Wildman–Crippen MR) is 63.5 cm³/mol. The molecular formula is C13H16O4. The van der Waals surface area contributed by atoms with Gasteiger partial charge in [0.1, 0.15) is 12.2 Å². The third-order valence-corrected chi connectivity index (χ3v) is 2.18. The van der Waals surface area contributed by atoms with Gasteiger partial charge in [0.15, 0.2) is 5.78 Å². The van der Waals surface area contributed by atoms with Crippen LogP contribution in [0.1, 0.15) is 36.2 Å². The van der Waals surface area contributed by atoms with E-state index in [-0.39, 0.29) is 6.10 Å². The molecule has 0 bridgehead atoms. The lowest BCUT2D eigenvalue weighted by atomic mass is 10.0. The zero-order valence-corrected chi connectivity index (χ0v) is 10.2. The van der Waals surface area contributed by atoms with Gasteiger partial charge in [-0.25, -0.2) is 0 Å². The highest BCUT2D eigenvalue weighted by Gasteiger charge is 2.17. The van der Waals surface area contributed by atoms with Gasteiger partial charge in [0.2, 0.25) is 0 Å². The Morgan fingerprint density at radius 1 is 1.35 bits per heavy atom. The van der Waals surface area contributed by atoms with Crippen molar-refractivity contribution in [3.05, 3.63) is 29.3 Å². The molecule has 0 unspecified atom stereocenters. The summed E-state index contributed by atoms with van der Waals surface area (Å²) in [6, 6.07) is 5.14. The second-order valence-electron chi connectivity index (χ2n) is 4.11. The highest BCUT2D eigenvalue weighted by Crippen LogP contribution is 2.25. The third kappa shape index (κ3) is 3.59. The number of para-hydroxylation sites is 1. The number of benzene rings is 1. The molecule has 1 aromatic carbocycles. The number of aliphatic carboxylic acids is 1. The number of ether oxygens (including phenoxy) is 1. The quantitative estimate of drug-likeness (QED) is 0.630. The van der Waals surface area contributed by atoms with E-state index in [1.165, 1.54) is 0 Å². The van der Waals surface area contributed by atoms with Gasteiger partial charge in [-0.15, -0.1) is 0 Å². The van der Waals surface area contributed by atoms with Crippen LogP contribution in [0.3, 0.4) is 0 Å². The maximum atomic E-state index is 11.7. The van der Waals surface area contributed by atoms with Crippen LogP contribution in [-0.4, -0.2) is 23.0 Å². The summed E-state index contributed by atoms with van der Waals surface area (Å²) in [5, 5.41) is 8.63. The molecule has 17 heavy (non-hydrogen) atoms. The normalized spacial score (nSPS) is 10.4. The summed E-state index contributed by atoms with van der Waals surface area (Å²) in [7, 11) is 0. The minimum Gasteiger partial charge on any atom is -0.490 e. The van der Waals surface area contributed by atoms with Gasteiger partial charge in [-0.3, -0.25) is 9.59 Å². The number of carboxylic acid groups (broad SMARTS) is 1. The van der Waals surface area contributed by atoms with E-state index >= 15 is 0 Å². The average molecular weight is 236 g/mol. The first-order valence-corrected chi connectivity index (χ1v) is 5.43. The summed E-state index contributed by atoms with van der Waals surface area (Å²) in [6.45, 7) is 5.55. The topological polar surface area (TPSA) is 63.6 Å². The summed E-state index contributed by atoms with van der Waals surface area (Å²) < 4.78 is 5.57. The molecule has 0 radical (unpaired) electrons. The molecule has 1 rings (SSSR count). The summed E-state index contributed by atoms with van der Waals surface area (Å²) in [5.74, 6) is -1.09. The van der Waals surface area contributed by atoms with Crippen molar-refractivity contribution < 1.29 is 19.4 Å². The number of hydrogen-bond acceptors (Lipinski definition) is 3. The van der Waals surface area contributed by atoms with E-state index in [1.54, 1.807) is 12.1 Å². The molecule has 0 spiro atoms. The van der Waals surface area contributed by atoms with Crippen LogP contribution in [0, 0.1) is 6.92 Å². The maximum absolute atomic E-state index is 11.7. The third-order valence-electron chi connectivity index (χ3n) is 2.18. The van der Waals surface area contributed by atoms with Crippen molar-refractivity contribution in [1.82, 2.24) is 0 Å². The van der Waals surface area contributed by atoms with Crippen LogP contribution in [0.25, 0.3) is 0 Å². The lowest BCUT2D eigenvalue weighted by Crippen LogP contribution is -2.13. The average Bonchev–Trinajstić information content (AvgIpc) is 2.19. The molecule has 0 saturated heterocycles. The number of carbonyl (C=O) groups is 2. The predicted octanol–water partition coefficient (Wildman–Crippen LogP) is 2.44. The minimum atomic E-state index is -1.13. The smallest absolute Gasteiger partial charge is 0.311 e. The van der Waals surface area contributed by atoms with Gasteiger partial charge in [-0.2, -0.15) is 0 Å². The standard InChI is InChI=1S/C13H16O4/c1-8(2)17-13-9(3)5-4-6-10(13)11(14)7-12(15)16/h4-6,8H,7H2,1-3H3,(H,15,16). The zero-order valence-electron chi connectivity index (χ0n) is 10.2. The van der Waals surface area contributed by atoms with Crippen molar-refractivity contribution in [2.75, 3.05) is 0 Å². The first-order chi connectivity index (χ1) is 7.91. The van der Waals surface area contributed by atoms with Gasteiger partial charge in [0.25, 0.3) is 0 Å². The van der Waals surface area contributed by atoms with Crippen molar-refractivity contribution in [3.8, 4) is 5.75 Å². The molecule has 4 nitrogen and oxygen atoms in total. The lowest BCUT2D eigenvalue weighted by Gasteiger charge is -2.15. The summed E-state index contributed by atoms with van der Waals surface area (Å²) in [4.78, 5) is 22.3. The van der Waals surface area contributed by atoms with Gasteiger partial charge < -0.3 is 9.84 Å². The SMILES string of the molecule is Cc1cccc(C(=O)CC(=O)O)c1OC(C)C. The molecule has 1 N–H and O–H groups in total. The number of carbonyl (C=O) groups excluding carboxylic acids is 1. The van der Waals surface area contributed by atoms with Crippen molar-refractivity contribution in [2.24, 2.45) is 0 Å². The van der Waals surface area contributed by atoms with Gasteiger partial charge in [-0.1, -0.05) is 12.1 Å². The molecule has 92 valence electrons. The molecule has 0 aromatic heterocycles. The van der Waals surface area contributed by atoms with E-state index in [2.05, 4.69) is 0 Å². The Bertz CT molecular complexity index is 435. The van der Waals surface area contributed by atoms with Gasteiger partial charge in [-0.05, 0) is 32.4 Å². The molecule has 4 heteroatoms. The van der Waals surface area contributed by atoms with Crippen LogP contribution < -0.4 is 4.74 Å². The Morgan fingerprint density at radius 3 is 2.53 bits per heavy atom. The van der Waals surface area contributed by atoms with E-state index in [9.17, 15) is 9.59 Å². The number of rotatable bonds is 5. The summed E-state index contributed by atoms with van der Waals surface area (Å²) >= 11 is 0. The number of hydrogen-bond donors (Lipinski definition) is 1. The maximum Gasteiger partial charge on any atom is 0.311 e. The summed E-state index contributed by atoms with van der Waals surface area (Å²) in [5.41, 5.74) is 1.16. The van der Waals surface area contributed by atoms with Gasteiger partial charge >= 0.3 is 5.97 Å². The fourth-order valence-electron chi connectivity index (χ4n) is 1.50. The number of ketones is 1. The Labute approximate surface area is 100 Å². The molecule has 0 heterocycles. The number of aryl methyl sites for hydroxylation is 1. The highest BCUT2D eigenvalue weighted by atomic mass is 16.5.